The summed E-state index contributed by atoms with van der Waals surface area (Å²) in [7, 11) is 0. The quantitative estimate of drug-likeness (QED) is 0.476. The number of ether oxygens (including phenoxy) is 1. The fraction of sp³-hybridized carbons (Fsp3) is 0.118. The van der Waals surface area contributed by atoms with Gasteiger partial charge in [0.25, 0.3) is 0 Å². The topological polar surface area (TPSA) is 75.4 Å². The summed E-state index contributed by atoms with van der Waals surface area (Å²) >= 11 is 8.78. The molecule has 25 heavy (non-hydrogen) atoms. The summed E-state index contributed by atoms with van der Waals surface area (Å²) < 4.78 is 8.20. The van der Waals surface area contributed by atoms with E-state index in [2.05, 4.69) is 31.2 Å². The highest BCUT2D eigenvalue weighted by Crippen LogP contribution is 2.27. The summed E-state index contributed by atoms with van der Waals surface area (Å²) in [4.78, 5) is 0. The van der Waals surface area contributed by atoms with Crippen LogP contribution in [-0.4, -0.2) is 32.8 Å². The normalized spacial score (nSPS) is 11.1. The maximum absolute atomic E-state index is 9.77. The molecule has 8 heteroatoms. The van der Waals surface area contributed by atoms with Crippen molar-refractivity contribution >= 4 is 34.4 Å². The lowest BCUT2D eigenvalue weighted by atomic mass is 10.2. The summed E-state index contributed by atoms with van der Waals surface area (Å²) in [6, 6.07) is 12.7. The summed E-state index contributed by atoms with van der Waals surface area (Å²) in [5.74, 6) is 1.10. The highest BCUT2D eigenvalue weighted by molar-refractivity contribution is 9.10. The summed E-state index contributed by atoms with van der Waals surface area (Å²) in [6.07, 6.45) is 1.63. The molecule has 3 aromatic rings. The lowest BCUT2D eigenvalue weighted by molar-refractivity contribution is 0.318. The molecule has 128 valence electrons. The van der Waals surface area contributed by atoms with Crippen molar-refractivity contribution in [2.24, 2.45) is 5.10 Å². The van der Waals surface area contributed by atoms with E-state index in [1.807, 2.05) is 31.2 Å². The van der Waals surface area contributed by atoms with Crippen molar-refractivity contribution < 1.29 is 9.84 Å². The standard InChI is InChI=1S/C17H15BrN4O2S/c1-2-24-15-9-11(7-8-14(15)23)10-19-22-16(20-21-17(22)25)12-5-3-4-6-13(12)18/h3-10,23H,2H2,1H3,(H,21,25)/b19-10+. The van der Waals surface area contributed by atoms with Crippen LogP contribution in [0.25, 0.3) is 11.4 Å². The van der Waals surface area contributed by atoms with E-state index in [1.54, 1.807) is 29.1 Å². The van der Waals surface area contributed by atoms with Gasteiger partial charge in [0.1, 0.15) is 0 Å². The second-order valence-electron chi connectivity index (χ2n) is 5.05. The van der Waals surface area contributed by atoms with Gasteiger partial charge in [-0.15, -0.1) is 0 Å². The van der Waals surface area contributed by atoms with Crippen LogP contribution in [0.5, 0.6) is 11.5 Å². The van der Waals surface area contributed by atoms with Crippen molar-refractivity contribution in [1.29, 1.82) is 0 Å². The number of benzene rings is 2. The molecule has 2 N–H and O–H groups in total. The Bertz CT molecular complexity index is 981. The number of hydrogen-bond acceptors (Lipinski definition) is 5. The van der Waals surface area contributed by atoms with Crippen molar-refractivity contribution in [2.75, 3.05) is 6.61 Å². The molecule has 0 atom stereocenters. The van der Waals surface area contributed by atoms with E-state index in [0.29, 0.717) is 23.0 Å². The first kappa shape index (κ1) is 17.4. The van der Waals surface area contributed by atoms with E-state index < -0.39 is 0 Å². The number of rotatable bonds is 5. The van der Waals surface area contributed by atoms with Crippen LogP contribution < -0.4 is 4.74 Å². The van der Waals surface area contributed by atoms with E-state index in [4.69, 9.17) is 17.0 Å². The van der Waals surface area contributed by atoms with Gasteiger partial charge in [-0.2, -0.15) is 14.9 Å². The number of hydrogen-bond donors (Lipinski definition) is 2. The molecule has 0 amide bonds. The van der Waals surface area contributed by atoms with E-state index in [0.717, 1.165) is 15.6 Å². The highest BCUT2D eigenvalue weighted by Gasteiger charge is 2.11. The lowest BCUT2D eigenvalue weighted by Gasteiger charge is -2.06. The monoisotopic (exact) mass is 418 g/mol. The number of nitrogens with zero attached hydrogens (tertiary/aromatic N) is 3. The number of aromatic hydroxyl groups is 1. The zero-order valence-corrected chi connectivity index (χ0v) is 15.7. The molecule has 0 aliphatic heterocycles. The maximum Gasteiger partial charge on any atom is 0.216 e. The van der Waals surface area contributed by atoms with Crippen LogP contribution in [0.1, 0.15) is 12.5 Å². The summed E-state index contributed by atoms with van der Waals surface area (Å²) in [5.41, 5.74) is 1.63. The average molecular weight is 419 g/mol. The van der Waals surface area contributed by atoms with Crippen LogP contribution in [0.2, 0.25) is 0 Å². The minimum Gasteiger partial charge on any atom is -0.504 e. The van der Waals surface area contributed by atoms with Gasteiger partial charge in [0.05, 0.1) is 12.8 Å². The molecular weight excluding hydrogens is 404 g/mol. The van der Waals surface area contributed by atoms with Crippen LogP contribution in [-0.2, 0) is 0 Å². The Labute approximate surface area is 157 Å². The van der Waals surface area contributed by atoms with Gasteiger partial charge in [0.15, 0.2) is 17.3 Å². The fourth-order valence-electron chi connectivity index (χ4n) is 2.22. The van der Waals surface area contributed by atoms with Crippen molar-refractivity contribution in [1.82, 2.24) is 14.9 Å². The molecule has 0 unspecified atom stereocenters. The largest absolute Gasteiger partial charge is 0.504 e. The molecule has 2 aromatic carbocycles. The third-order valence-corrected chi connectivity index (χ3v) is 4.33. The number of nitrogens with one attached hydrogen (secondary N) is 1. The molecule has 1 heterocycles. The Morgan fingerprint density at radius 1 is 1.36 bits per heavy atom. The van der Waals surface area contributed by atoms with E-state index >= 15 is 0 Å². The molecule has 6 nitrogen and oxygen atoms in total. The van der Waals surface area contributed by atoms with Gasteiger partial charge in [-0.3, -0.25) is 0 Å². The van der Waals surface area contributed by atoms with Gasteiger partial charge < -0.3 is 9.84 Å². The molecule has 0 aliphatic carbocycles. The number of aromatic nitrogens is 3. The molecule has 1 aromatic heterocycles. The highest BCUT2D eigenvalue weighted by atomic mass is 79.9. The second kappa shape index (κ2) is 7.62. The zero-order valence-electron chi connectivity index (χ0n) is 13.3. The number of phenolic OH excluding ortho intramolecular Hbond substituents is 1. The maximum atomic E-state index is 9.77. The predicted molar refractivity (Wildman–Crippen MR) is 103 cm³/mol. The fourth-order valence-corrected chi connectivity index (χ4v) is 2.86. The first-order valence-electron chi connectivity index (χ1n) is 7.52. The molecule has 0 spiro atoms. The third-order valence-electron chi connectivity index (χ3n) is 3.37. The third kappa shape index (κ3) is 3.80. The second-order valence-corrected chi connectivity index (χ2v) is 6.29. The van der Waals surface area contributed by atoms with Gasteiger partial charge in [0, 0.05) is 10.0 Å². The van der Waals surface area contributed by atoms with E-state index in [1.165, 1.54) is 0 Å². The number of halogens is 1. The molecule has 0 saturated carbocycles. The first-order valence-corrected chi connectivity index (χ1v) is 8.72. The Morgan fingerprint density at radius 2 is 2.16 bits per heavy atom. The minimum absolute atomic E-state index is 0.0906. The van der Waals surface area contributed by atoms with Gasteiger partial charge in [-0.25, -0.2) is 5.10 Å². The molecule has 3 rings (SSSR count). The predicted octanol–water partition coefficient (Wildman–Crippen LogP) is 4.36. The van der Waals surface area contributed by atoms with Crippen LogP contribution in [0.4, 0.5) is 0 Å². The minimum atomic E-state index is 0.0906. The van der Waals surface area contributed by atoms with Crippen molar-refractivity contribution in [3.63, 3.8) is 0 Å². The van der Waals surface area contributed by atoms with Crippen molar-refractivity contribution in [3.05, 3.63) is 57.3 Å². The van der Waals surface area contributed by atoms with Gasteiger partial charge in [0.2, 0.25) is 4.77 Å². The molecule has 0 radical (unpaired) electrons. The Kier molecular flexibility index (Phi) is 5.30. The SMILES string of the molecule is CCOc1cc(/C=N/n2c(-c3ccccc3Br)n[nH]c2=S)ccc1O. The summed E-state index contributed by atoms with van der Waals surface area (Å²) in [6.45, 7) is 2.32. The van der Waals surface area contributed by atoms with Gasteiger partial charge in [-0.1, -0.05) is 28.1 Å². The van der Waals surface area contributed by atoms with E-state index in [9.17, 15) is 5.11 Å². The van der Waals surface area contributed by atoms with Crippen molar-refractivity contribution in [3.8, 4) is 22.9 Å². The summed E-state index contributed by atoms with van der Waals surface area (Å²) in [5, 5.41) is 21.2. The van der Waals surface area contributed by atoms with Crippen molar-refractivity contribution in [2.45, 2.75) is 6.92 Å². The smallest absolute Gasteiger partial charge is 0.216 e. The number of aromatic amines is 1. The lowest BCUT2D eigenvalue weighted by Crippen LogP contribution is -1.96. The number of phenols is 1. The molecule has 0 fully saturated rings. The van der Waals surface area contributed by atoms with Crippen LogP contribution in [0.3, 0.4) is 0 Å². The van der Waals surface area contributed by atoms with Gasteiger partial charge in [-0.05, 0) is 55.0 Å². The van der Waals surface area contributed by atoms with Crippen LogP contribution in [0.15, 0.2) is 52.0 Å². The average Bonchev–Trinajstić information content (AvgIpc) is 2.97. The Hall–Kier alpha value is -2.45. The van der Waals surface area contributed by atoms with E-state index in [-0.39, 0.29) is 5.75 Å². The molecule has 0 saturated heterocycles. The molecule has 0 bridgehead atoms. The van der Waals surface area contributed by atoms with Crippen LogP contribution >= 0.6 is 28.1 Å². The zero-order chi connectivity index (χ0) is 17.8. The Morgan fingerprint density at radius 3 is 2.92 bits per heavy atom. The van der Waals surface area contributed by atoms with Crippen LogP contribution in [0, 0.1) is 4.77 Å². The van der Waals surface area contributed by atoms with Gasteiger partial charge >= 0.3 is 0 Å². The molecule has 0 aliphatic rings. The molecular formula is C17H15BrN4O2S. The number of H-pyrrole nitrogens is 1. The first-order chi connectivity index (χ1) is 12.1. The Balaban J connectivity index is 1.98.